The fraction of sp³-hybridized carbons (Fsp3) is 0.200. The van der Waals surface area contributed by atoms with Crippen molar-refractivity contribution in [3.63, 3.8) is 0 Å². The van der Waals surface area contributed by atoms with Crippen molar-refractivity contribution in [2.24, 2.45) is 7.05 Å². The maximum Gasteiger partial charge on any atom is 0.252 e. The summed E-state index contributed by atoms with van der Waals surface area (Å²) in [5.41, 5.74) is 3.45. The molecule has 0 aliphatic rings. The van der Waals surface area contributed by atoms with Gasteiger partial charge in [-0.2, -0.15) is 5.10 Å². The summed E-state index contributed by atoms with van der Waals surface area (Å²) in [6, 6.07) is 19.1. The lowest BCUT2D eigenvalue weighted by atomic mass is 9.99. The first-order valence-corrected chi connectivity index (χ1v) is 8.13. The molecule has 1 unspecified atom stereocenters. The number of carbonyl (C=O) groups is 1. The van der Waals surface area contributed by atoms with E-state index < -0.39 is 0 Å². The second-order valence-corrected chi connectivity index (χ2v) is 5.77. The number of rotatable bonds is 6. The predicted molar refractivity (Wildman–Crippen MR) is 97.2 cm³/mol. The van der Waals surface area contributed by atoms with Gasteiger partial charge in [-0.15, -0.1) is 0 Å². The molecule has 1 atom stereocenters. The van der Waals surface area contributed by atoms with Crippen molar-refractivity contribution >= 4 is 5.91 Å². The molecular formula is C20H21N3O2. The van der Waals surface area contributed by atoms with E-state index in [1.165, 1.54) is 0 Å². The van der Waals surface area contributed by atoms with Gasteiger partial charge in [0.1, 0.15) is 0 Å². The Bertz CT molecular complexity index is 843. The molecule has 25 heavy (non-hydrogen) atoms. The number of amides is 1. The van der Waals surface area contributed by atoms with Gasteiger partial charge in [-0.1, -0.05) is 48.5 Å². The van der Waals surface area contributed by atoms with E-state index in [1.54, 1.807) is 18.0 Å². The van der Waals surface area contributed by atoms with Gasteiger partial charge in [-0.25, -0.2) is 0 Å². The van der Waals surface area contributed by atoms with Crippen LogP contribution < -0.4 is 5.32 Å². The van der Waals surface area contributed by atoms with Crippen LogP contribution >= 0.6 is 0 Å². The van der Waals surface area contributed by atoms with Gasteiger partial charge >= 0.3 is 0 Å². The molecule has 2 aromatic carbocycles. The first kappa shape index (κ1) is 16.9. The molecule has 0 radical (unpaired) electrons. The molecule has 1 aromatic heterocycles. The number of hydrogen-bond donors (Lipinski definition) is 1. The third-order valence-corrected chi connectivity index (χ3v) is 4.11. The minimum Gasteiger partial charge on any atom is -0.382 e. The average molecular weight is 335 g/mol. The van der Waals surface area contributed by atoms with Crippen LogP contribution in [0.25, 0.3) is 11.1 Å². The van der Waals surface area contributed by atoms with Crippen molar-refractivity contribution in [3.8, 4) is 11.1 Å². The van der Waals surface area contributed by atoms with Crippen LogP contribution in [0.5, 0.6) is 0 Å². The summed E-state index contributed by atoms with van der Waals surface area (Å²) in [7, 11) is 3.47. The van der Waals surface area contributed by atoms with Crippen molar-refractivity contribution in [3.05, 3.63) is 78.1 Å². The average Bonchev–Trinajstić information content (AvgIpc) is 3.08. The van der Waals surface area contributed by atoms with E-state index in [0.29, 0.717) is 12.2 Å². The molecule has 5 nitrogen and oxygen atoms in total. The van der Waals surface area contributed by atoms with Crippen LogP contribution in [0.15, 0.2) is 66.9 Å². The molecular weight excluding hydrogens is 314 g/mol. The minimum atomic E-state index is -0.270. The Balaban J connectivity index is 1.89. The third-order valence-electron chi connectivity index (χ3n) is 4.11. The van der Waals surface area contributed by atoms with Gasteiger partial charge in [0, 0.05) is 25.9 Å². The molecule has 0 saturated carbocycles. The van der Waals surface area contributed by atoms with E-state index in [1.807, 2.05) is 67.7 Å². The fourth-order valence-corrected chi connectivity index (χ4v) is 2.88. The lowest BCUT2D eigenvalue weighted by Crippen LogP contribution is -2.33. The number of benzene rings is 2. The zero-order chi connectivity index (χ0) is 17.6. The van der Waals surface area contributed by atoms with E-state index in [4.69, 9.17) is 4.74 Å². The molecule has 0 aliphatic heterocycles. The largest absolute Gasteiger partial charge is 0.382 e. The van der Waals surface area contributed by atoms with Crippen molar-refractivity contribution in [2.75, 3.05) is 13.7 Å². The number of ether oxygens (including phenoxy) is 1. The standard InChI is InChI=1S/C20H21N3O2/c1-23-19(12-13-21-23)18(14-25-2)22-20(24)17-11-7-6-10-16(17)15-8-4-3-5-9-15/h3-13,18H,14H2,1-2H3,(H,22,24). The lowest BCUT2D eigenvalue weighted by molar-refractivity contribution is 0.0893. The second-order valence-electron chi connectivity index (χ2n) is 5.77. The van der Waals surface area contributed by atoms with Crippen LogP contribution in [-0.4, -0.2) is 29.4 Å². The first-order chi connectivity index (χ1) is 12.2. The molecule has 0 fully saturated rings. The van der Waals surface area contributed by atoms with Gasteiger partial charge in [-0.3, -0.25) is 9.48 Å². The number of nitrogens with one attached hydrogen (secondary N) is 1. The highest BCUT2D eigenvalue weighted by molar-refractivity contribution is 6.01. The molecule has 0 bridgehead atoms. The summed E-state index contributed by atoms with van der Waals surface area (Å²) < 4.78 is 7.02. The molecule has 1 N–H and O–H groups in total. The zero-order valence-electron chi connectivity index (χ0n) is 14.3. The molecule has 3 rings (SSSR count). The Morgan fingerprint density at radius 2 is 1.84 bits per heavy atom. The molecule has 5 heteroatoms. The van der Waals surface area contributed by atoms with Gasteiger partial charge in [0.25, 0.3) is 5.91 Å². The Morgan fingerprint density at radius 3 is 2.52 bits per heavy atom. The van der Waals surface area contributed by atoms with E-state index >= 15 is 0 Å². The number of carbonyl (C=O) groups excluding carboxylic acids is 1. The van der Waals surface area contributed by atoms with Gasteiger partial charge in [0.2, 0.25) is 0 Å². The monoisotopic (exact) mass is 335 g/mol. The topological polar surface area (TPSA) is 56.1 Å². The Hall–Kier alpha value is -2.92. The number of aryl methyl sites for hydroxylation is 1. The smallest absolute Gasteiger partial charge is 0.252 e. The predicted octanol–water partition coefficient (Wildman–Crippen LogP) is 3.20. The molecule has 128 valence electrons. The SMILES string of the molecule is COCC(NC(=O)c1ccccc1-c1ccccc1)c1ccnn1C. The number of aromatic nitrogens is 2. The molecule has 3 aromatic rings. The fourth-order valence-electron chi connectivity index (χ4n) is 2.88. The minimum absolute atomic E-state index is 0.136. The molecule has 1 amide bonds. The van der Waals surface area contributed by atoms with E-state index in [-0.39, 0.29) is 11.9 Å². The second kappa shape index (κ2) is 7.77. The zero-order valence-corrected chi connectivity index (χ0v) is 14.3. The maximum atomic E-state index is 12.9. The maximum absolute atomic E-state index is 12.9. The van der Waals surface area contributed by atoms with Gasteiger partial charge < -0.3 is 10.1 Å². The first-order valence-electron chi connectivity index (χ1n) is 8.13. The van der Waals surface area contributed by atoms with Gasteiger partial charge in [0.05, 0.1) is 18.3 Å². The van der Waals surface area contributed by atoms with Crippen molar-refractivity contribution in [1.82, 2.24) is 15.1 Å². The summed E-state index contributed by atoms with van der Waals surface area (Å²) in [4.78, 5) is 12.9. The highest BCUT2D eigenvalue weighted by Gasteiger charge is 2.20. The highest BCUT2D eigenvalue weighted by atomic mass is 16.5. The van der Waals surface area contributed by atoms with Crippen molar-refractivity contribution in [1.29, 1.82) is 0 Å². The van der Waals surface area contributed by atoms with Crippen LogP contribution in [-0.2, 0) is 11.8 Å². The lowest BCUT2D eigenvalue weighted by Gasteiger charge is -2.19. The van der Waals surface area contributed by atoms with E-state index in [9.17, 15) is 4.79 Å². The summed E-state index contributed by atoms with van der Waals surface area (Å²) in [6.45, 7) is 0.374. The molecule has 0 spiro atoms. The quantitative estimate of drug-likeness (QED) is 0.752. The summed E-state index contributed by atoms with van der Waals surface area (Å²) in [6.07, 6.45) is 1.71. The molecule has 1 heterocycles. The molecule has 0 aliphatic carbocycles. The number of hydrogen-bond acceptors (Lipinski definition) is 3. The molecule has 0 saturated heterocycles. The van der Waals surface area contributed by atoms with Crippen LogP contribution in [0.3, 0.4) is 0 Å². The summed E-state index contributed by atoms with van der Waals surface area (Å²) >= 11 is 0. The normalized spacial score (nSPS) is 11.9. The highest BCUT2D eigenvalue weighted by Crippen LogP contribution is 2.24. The van der Waals surface area contributed by atoms with Crippen molar-refractivity contribution in [2.45, 2.75) is 6.04 Å². The third kappa shape index (κ3) is 3.78. The van der Waals surface area contributed by atoms with Gasteiger partial charge in [-0.05, 0) is 23.3 Å². The van der Waals surface area contributed by atoms with Crippen LogP contribution in [0.2, 0.25) is 0 Å². The van der Waals surface area contributed by atoms with Gasteiger partial charge in [0.15, 0.2) is 0 Å². The van der Waals surface area contributed by atoms with Crippen LogP contribution in [0, 0.1) is 0 Å². The van der Waals surface area contributed by atoms with Crippen molar-refractivity contribution < 1.29 is 9.53 Å². The number of nitrogens with zero attached hydrogens (tertiary/aromatic N) is 2. The summed E-state index contributed by atoms with van der Waals surface area (Å²) in [5.74, 6) is -0.136. The Kier molecular flexibility index (Phi) is 5.26. The number of methoxy groups -OCH3 is 1. The van der Waals surface area contributed by atoms with E-state index in [0.717, 1.165) is 16.8 Å². The van der Waals surface area contributed by atoms with E-state index in [2.05, 4.69) is 10.4 Å². The van der Waals surface area contributed by atoms with Crippen LogP contribution in [0.1, 0.15) is 22.1 Å². The van der Waals surface area contributed by atoms with Crippen LogP contribution in [0.4, 0.5) is 0 Å². The summed E-state index contributed by atoms with van der Waals surface area (Å²) in [5, 5.41) is 7.24. The Labute approximate surface area is 147 Å². The Morgan fingerprint density at radius 1 is 1.12 bits per heavy atom.